The molecule has 1 heterocycles. The van der Waals surface area contributed by atoms with Crippen LogP contribution in [0.5, 0.6) is 11.7 Å². The van der Waals surface area contributed by atoms with Crippen molar-refractivity contribution in [2.75, 3.05) is 0 Å². The van der Waals surface area contributed by atoms with Crippen LogP contribution in [0.3, 0.4) is 0 Å². The Morgan fingerprint density at radius 3 is 2.45 bits per heavy atom. The Morgan fingerprint density at radius 1 is 1.00 bits per heavy atom. The third-order valence-corrected chi connectivity index (χ3v) is 3.18. The van der Waals surface area contributed by atoms with E-state index in [1.165, 1.54) is 0 Å². The predicted octanol–water partition coefficient (Wildman–Crippen LogP) is 4.74. The molecule has 0 aliphatic rings. The van der Waals surface area contributed by atoms with Crippen molar-refractivity contribution in [1.82, 2.24) is 5.16 Å². The van der Waals surface area contributed by atoms with E-state index in [1.54, 1.807) is 30.3 Å². The van der Waals surface area contributed by atoms with E-state index in [1.807, 2.05) is 30.3 Å². The second-order valence-corrected chi connectivity index (χ2v) is 5.08. The van der Waals surface area contributed by atoms with Crippen molar-refractivity contribution in [1.29, 1.82) is 0 Å². The van der Waals surface area contributed by atoms with Crippen LogP contribution < -0.4 is 9.47 Å². The Labute approximate surface area is 137 Å². The second kappa shape index (κ2) is 6.60. The van der Waals surface area contributed by atoms with Gasteiger partial charge in [0.1, 0.15) is 11.4 Å². The van der Waals surface area contributed by atoms with Crippen molar-refractivity contribution >= 4 is 29.1 Å². The second-order valence-electron chi connectivity index (χ2n) is 4.31. The fourth-order valence-electron chi connectivity index (χ4n) is 1.75. The summed E-state index contributed by atoms with van der Waals surface area (Å²) in [6, 6.07) is 18.0. The minimum absolute atomic E-state index is 0.0851. The fourth-order valence-corrected chi connectivity index (χ4v) is 2.06. The number of nitrogens with zero attached hydrogens (tertiary/aromatic N) is 1. The van der Waals surface area contributed by atoms with Crippen LogP contribution in [0.2, 0.25) is 5.02 Å². The molecule has 0 aliphatic heterocycles. The van der Waals surface area contributed by atoms with E-state index in [0.29, 0.717) is 16.5 Å². The van der Waals surface area contributed by atoms with Gasteiger partial charge >= 0.3 is 11.2 Å². The van der Waals surface area contributed by atoms with E-state index < -0.39 is 0 Å². The summed E-state index contributed by atoms with van der Waals surface area (Å²) < 4.78 is 15.7. The number of hydrogen-bond donors (Lipinski definition) is 0. The van der Waals surface area contributed by atoms with Gasteiger partial charge in [-0.2, -0.15) is 0 Å². The molecule has 2 aromatic carbocycles. The Hall–Kier alpha value is -2.37. The molecule has 0 radical (unpaired) electrons. The molecule has 22 heavy (non-hydrogen) atoms. The molecule has 0 spiro atoms. The maximum atomic E-state index is 5.80. The zero-order valence-electron chi connectivity index (χ0n) is 11.2. The zero-order valence-corrected chi connectivity index (χ0v) is 12.8. The Morgan fingerprint density at radius 2 is 1.73 bits per heavy atom. The zero-order chi connectivity index (χ0) is 15.4. The van der Waals surface area contributed by atoms with Gasteiger partial charge in [0.2, 0.25) is 0 Å². The molecule has 1 aromatic heterocycles. The molecule has 4 nitrogen and oxygen atoms in total. The summed E-state index contributed by atoms with van der Waals surface area (Å²) in [5.74, 6) is 0.690. The van der Waals surface area contributed by atoms with Gasteiger partial charge in [-0.3, -0.25) is 0 Å². The monoisotopic (exact) mass is 331 g/mol. The molecule has 0 N–H and O–H groups in total. The number of aromatic nitrogens is 1. The molecule has 0 saturated heterocycles. The van der Waals surface area contributed by atoms with Gasteiger partial charge in [-0.1, -0.05) is 47.1 Å². The molecular weight excluding hydrogens is 322 g/mol. The van der Waals surface area contributed by atoms with Crippen molar-refractivity contribution in [3.63, 3.8) is 0 Å². The summed E-state index contributed by atoms with van der Waals surface area (Å²) in [6.45, 7) is 0. The van der Waals surface area contributed by atoms with E-state index in [0.717, 1.165) is 5.56 Å². The van der Waals surface area contributed by atoms with Crippen LogP contribution in [0, 0.1) is 0 Å². The van der Waals surface area contributed by atoms with Gasteiger partial charge in [0.05, 0.1) is 6.07 Å². The van der Waals surface area contributed by atoms with Crippen LogP contribution in [0.15, 0.2) is 65.2 Å². The van der Waals surface area contributed by atoms with E-state index in [2.05, 4.69) is 5.16 Å². The maximum absolute atomic E-state index is 5.80. The summed E-state index contributed by atoms with van der Waals surface area (Å²) >= 11 is 10.8. The first kappa shape index (κ1) is 14.6. The average Bonchev–Trinajstić information content (AvgIpc) is 2.99. The van der Waals surface area contributed by atoms with Gasteiger partial charge in [-0.25, -0.2) is 0 Å². The van der Waals surface area contributed by atoms with Crippen molar-refractivity contribution in [3.05, 3.63) is 65.7 Å². The van der Waals surface area contributed by atoms with Crippen LogP contribution in [0.4, 0.5) is 0 Å². The number of thiocarbonyl (C=S) groups is 1. The molecule has 0 aliphatic carbocycles. The number of ether oxygens (including phenoxy) is 2. The lowest BCUT2D eigenvalue weighted by Crippen LogP contribution is -2.12. The smallest absolute Gasteiger partial charge is 0.365 e. The Balaban J connectivity index is 1.65. The van der Waals surface area contributed by atoms with Gasteiger partial charge in [0, 0.05) is 22.8 Å². The molecule has 3 rings (SSSR count). The van der Waals surface area contributed by atoms with E-state index in [-0.39, 0.29) is 11.2 Å². The van der Waals surface area contributed by atoms with E-state index in [4.69, 9.17) is 37.8 Å². The van der Waals surface area contributed by atoms with Crippen LogP contribution in [0.25, 0.3) is 11.3 Å². The first-order valence-corrected chi connectivity index (χ1v) is 7.17. The van der Waals surface area contributed by atoms with Crippen molar-refractivity contribution < 1.29 is 14.0 Å². The molecule has 0 fully saturated rings. The lowest BCUT2D eigenvalue weighted by molar-refractivity contribution is 0.284. The SMILES string of the molecule is S=C(Oc1ccc(Cl)cc1)Oc1cc(-c2ccccc2)no1. The highest BCUT2D eigenvalue weighted by molar-refractivity contribution is 7.79. The maximum Gasteiger partial charge on any atom is 0.365 e. The van der Waals surface area contributed by atoms with Gasteiger partial charge in [0.15, 0.2) is 0 Å². The first-order chi connectivity index (χ1) is 10.7. The van der Waals surface area contributed by atoms with Crippen LogP contribution in [-0.2, 0) is 0 Å². The number of benzene rings is 2. The summed E-state index contributed by atoms with van der Waals surface area (Å²) in [6.07, 6.45) is 0. The highest BCUT2D eigenvalue weighted by Crippen LogP contribution is 2.23. The third kappa shape index (κ3) is 3.63. The van der Waals surface area contributed by atoms with Gasteiger partial charge in [-0.05, 0) is 24.3 Å². The lowest BCUT2D eigenvalue weighted by atomic mass is 10.2. The minimum atomic E-state index is -0.0851. The molecule has 0 bridgehead atoms. The minimum Gasteiger partial charge on any atom is -0.417 e. The molecule has 6 heteroatoms. The lowest BCUT2D eigenvalue weighted by Gasteiger charge is -2.05. The van der Waals surface area contributed by atoms with Crippen LogP contribution in [0.1, 0.15) is 0 Å². The summed E-state index contributed by atoms with van der Waals surface area (Å²) in [5, 5.41) is 4.45. The normalized spacial score (nSPS) is 10.2. The molecular formula is C16H10ClNO3S. The quantitative estimate of drug-likeness (QED) is 0.649. The topological polar surface area (TPSA) is 44.5 Å². The molecule has 0 amide bonds. The van der Waals surface area contributed by atoms with Crippen LogP contribution in [-0.4, -0.2) is 10.4 Å². The van der Waals surface area contributed by atoms with E-state index in [9.17, 15) is 0 Å². The fraction of sp³-hybridized carbons (Fsp3) is 0. The van der Waals surface area contributed by atoms with Gasteiger partial charge in [0.25, 0.3) is 0 Å². The highest BCUT2D eigenvalue weighted by Gasteiger charge is 2.10. The molecule has 0 atom stereocenters. The first-order valence-electron chi connectivity index (χ1n) is 6.38. The highest BCUT2D eigenvalue weighted by atomic mass is 35.5. The summed E-state index contributed by atoms with van der Waals surface area (Å²) in [5.41, 5.74) is 1.58. The van der Waals surface area contributed by atoms with Crippen molar-refractivity contribution in [3.8, 4) is 23.0 Å². The van der Waals surface area contributed by atoms with Crippen LogP contribution >= 0.6 is 23.8 Å². The number of rotatable bonds is 3. The average molecular weight is 332 g/mol. The largest absolute Gasteiger partial charge is 0.417 e. The number of halogens is 1. The molecule has 110 valence electrons. The Bertz CT molecular complexity index is 772. The summed E-state index contributed by atoms with van der Waals surface area (Å²) in [7, 11) is 0. The Kier molecular flexibility index (Phi) is 4.37. The molecule has 0 unspecified atom stereocenters. The number of hydrogen-bond acceptors (Lipinski definition) is 5. The molecule has 0 saturated carbocycles. The molecule has 3 aromatic rings. The third-order valence-electron chi connectivity index (χ3n) is 2.76. The van der Waals surface area contributed by atoms with Gasteiger partial charge in [-0.15, -0.1) is 0 Å². The van der Waals surface area contributed by atoms with Crippen molar-refractivity contribution in [2.45, 2.75) is 0 Å². The summed E-state index contributed by atoms with van der Waals surface area (Å²) in [4.78, 5) is 0. The van der Waals surface area contributed by atoms with Crippen molar-refractivity contribution in [2.24, 2.45) is 0 Å². The predicted molar refractivity (Wildman–Crippen MR) is 87.2 cm³/mol. The van der Waals surface area contributed by atoms with Gasteiger partial charge < -0.3 is 14.0 Å². The standard InChI is InChI=1S/C16H10ClNO3S/c17-12-6-8-13(9-7-12)19-16(22)20-15-10-14(18-21-15)11-4-2-1-3-5-11/h1-10H. The van der Waals surface area contributed by atoms with E-state index >= 15 is 0 Å².